The number of nitrogens with one attached hydrogen (secondary N) is 1. The summed E-state index contributed by atoms with van der Waals surface area (Å²) in [7, 11) is 0. The lowest BCUT2D eigenvalue weighted by atomic mass is 9.98. The molecule has 1 N–H and O–H groups in total. The maximum Gasteiger partial charge on any atom is 0.150 e. The van der Waals surface area contributed by atoms with E-state index in [1.165, 1.54) is 0 Å². The van der Waals surface area contributed by atoms with Crippen LogP contribution in [0.2, 0.25) is 5.02 Å². The average Bonchev–Trinajstić information content (AvgIpc) is 2.94. The number of carbonyl (C=O) groups is 1. The highest BCUT2D eigenvalue weighted by atomic mass is 35.5. The summed E-state index contributed by atoms with van der Waals surface area (Å²) in [4.78, 5) is 19.2. The van der Waals surface area contributed by atoms with Crippen molar-refractivity contribution in [3.63, 3.8) is 0 Å². The van der Waals surface area contributed by atoms with Gasteiger partial charge < -0.3 is 4.98 Å². The molecule has 4 heteroatoms. The molecule has 0 saturated carbocycles. The van der Waals surface area contributed by atoms with Gasteiger partial charge in [-0.2, -0.15) is 0 Å². The molecule has 112 valence electrons. The molecule has 0 aliphatic rings. The van der Waals surface area contributed by atoms with Crippen LogP contribution >= 0.6 is 11.6 Å². The highest BCUT2D eigenvalue weighted by Gasteiger charge is 2.14. The average molecular weight is 321 g/mol. The molecule has 2 aromatic heterocycles. The van der Waals surface area contributed by atoms with Crippen molar-refractivity contribution >= 4 is 39.7 Å². The number of aryl methyl sites for hydroxylation is 1. The van der Waals surface area contributed by atoms with E-state index in [0.29, 0.717) is 10.6 Å². The van der Waals surface area contributed by atoms with E-state index in [0.717, 1.165) is 44.9 Å². The Hall–Kier alpha value is -2.65. The summed E-state index contributed by atoms with van der Waals surface area (Å²) in [5, 5.41) is 2.76. The topological polar surface area (TPSA) is 45.8 Å². The van der Waals surface area contributed by atoms with Crippen molar-refractivity contribution in [1.82, 2.24) is 9.97 Å². The molecule has 4 aromatic rings. The fourth-order valence-electron chi connectivity index (χ4n) is 3.09. The number of aldehydes is 1. The summed E-state index contributed by atoms with van der Waals surface area (Å²) in [6.45, 7) is 1.97. The van der Waals surface area contributed by atoms with E-state index in [9.17, 15) is 4.79 Å². The Kier molecular flexibility index (Phi) is 3.17. The van der Waals surface area contributed by atoms with Gasteiger partial charge in [-0.3, -0.25) is 9.78 Å². The largest absolute Gasteiger partial charge is 0.353 e. The number of hydrogen-bond acceptors (Lipinski definition) is 2. The molecule has 2 heterocycles. The summed E-state index contributed by atoms with van der Waals surface area (Å²) in [6, 6.07) is 13.3. The van der Waals surface area contributed by atoms with Crippen LogP contribution in [-0.4, -0.2) is 16.3 Å². The van der Waals surface area contributed by atoms with Gasteiger partial charge in [-0.05, 0) is 30.7 Å². The second-order valence-electron chi connectivity index (χ2n) is 5.52. The van der Waals surface area contributed by atoms with Gasteiger partial charge in [0.25, 0.3) is 0 Å². The number of benzene rings is 2. The van der Waals surface area contributed by atoms with E-state index in [-0.39, 0.29) is 0 Å². The zero-order chi connectivity index (χ0) is 16.0. The van der Waals surface area contributed by atoms with Crippen LogP contribution in [0.15, 0.2) is 48.7 Å². The molecule has 0 spiro atoms. The highest BCUT2D eigenvalue weighted by molar-refractivity contribution is 6.32. The van der Waals surface area contributed by atoms with Gasteiger partial charge in [0, 0.05) is 33.1 Å². The zero-order valence-electron chi connectivity index (χ0n) is 12.4. The Morgan fingerprint density at radius 1 is 1.04 bits per heavy atom. The Bertz CT molecular complexity index is 1070. The molecule has 0 saturated heterocycles. The van der Waals surface area contributed by atoms with Crippen LogP contribution in [0.25, 0.3) is 32.9 Å². The van der Waals surface area contributed by atoms with E-state index in [2.05, 4.69) is 9.97 Å². The quantitative estimate of drug-likeness (QED) is 0.519. The summed E-state index contributed by atoms with van der Waals surface area (Å²) in [6.07, 6.45) is 2.67. The molecule has 0 unspecified atom stereocenters. The smallest absolute Gasteiger partial charge is 0.150 e. The lowest BCUT2D eigenvalue weighted by Gasteiger charge is -2.07. The first kappa shape index (κ1) is 14.0. The van der Waals surface area contributed by atoms with Crippen LogP contribution in [0.3, 0.4) is 0 Å². The second-order valence-corrected chi connectivity index (χ2v) is 5.96. The zero-order valence-corrected chi connectivity index (χ0v) is 13.2. The lowest BCUT2D eigenvalue weighted by Crippen LogP contribution is -1.88. The van der Waals surface area contributed by atoms with Crippen molar-refractivity contribution in [3.05, 3.63) is 64.9 Å². The van der Waals surface area contributed by atoms with Crippen molar-refractivity contribution in [1.29, 1.82) is 0 Å². The highest BCUT2D eigenvalue weighted by Crippen LogP contribution is 2.37. The predicted molar refractivity (Wildman–Crippen MR) is 94.2 cm³/mol. The van der Waals surface area contributed by atoms with Crippen LogP contribution in [0, 0.1) is 6.92 Å². The minimum Gasteiger partial charge on any atom is -0.353 e. The van der Waals surface area contributed by atoms with E-state index in [1.807, 2.05) is 49.4 Å². The number of carbonyl (C=O) groups excluding carboxylic acids is 1. The number of nitrogens with zero attached hydrogens (tertiary/aromatic N) is 1. The summed E-state index contributed by atoms with van der Waals surface area (Å²) >= 11 is 6.35. The third kappa shape index (κ3) is 2.13. The minimum atomic E-state index is 0.642. The molecule has 0 aliphatic heterocycles. The van der Waals surface area contributed by atoms with Crippen molar-refractivity contribution in [3.8, 4) is 11.1 Å². The van der Waals surface area contributed by atoms with Gasteiger partial charge in [0.2, 0.25) is 0 Å². The standard InChI is InChI=1S/C19H13ClN2O/c1-11-18-15(6-7-21-11)17-9-13(20)8-16(19(17)22-18)14-5-3-2-4-12(14)10-23/h2-10,22H,1H3. The molecule has 0 radical (unpaired) electrons. The Balaban J connectivity index is 2.17. The number of pyridine rings is 1. The SMILES string of the molecule is Cc1nccc2c1[nH]c1c(-c3ccccc3C=O)cc(Cl)cc12. The van der Waals surface area contributed by atoms with E-state index < -0.39 is 0 Å². The molecule has 0 bridgehead atoms. The first-order chi connectivity index (χ1) is 11.2. The summed E-state index contributed by atoms with van der Waals surface area (Å²) in [5.41, 5.74) is 5.33. The van der Waals surface area contributed by atoms with Crippen molar-refractivity contribution in [2.24, 2.45) is 0 Å². The number of fused-ring (bicyclic) bond motifs is 3. The Morgan fingerprint density at radius 3 is 2.70 bits per heavy atom. The Labute approximate surface area is 137 Å². The van der Waals surface area contributed by atoms with Gasteiger partial charge >= 0.3 is 0 Å². The monoisotopic (exact) mass is 320 g/mol. The second kappa shape index (κ2) is 5.21. The molecule has 0 aliphatic carbocycles. The number of aromatic amines is 1. The summed E-state index contributed by atoms with van der Waals surface area (Å²) in [5.74, 6) is 0. The van der Waals surface area contributed by atoms with Gasteiger partial charge in [0.05, 0.1) is 16.7 Å². The fourth-order valence-corrected chi connectivity index (χ4v) is 3.30. The molecule has 0 amide bonds. The minimum absolute atomic E-state index is 0.642. The lowest BCUT2D eigenvalue weighted by molar-refractivity contribution is 0.112. The third-order valence-corrected chi connectivity index (χ3v) is 4.38. The number of halogens is 1. The van der Waals surface area contributed by atoms with Gasteiger partial charge in [0.15, 0.2) is 6.29 Å². The van der Waals surface area contributed by atoms with Crippen molar-refractivity contribution in [2.45, 2.75) is 6.92 Å². The van der Waals surface area contributed by atoms with Gasteiger partial charge in [-0.25, -0.2) is 0 Å². The third-order valence-electron chi connectivity index (χ3n) is 4.16. The van der Waals surface area contributed by atoms with Crippen LogP contribution in [0.1, 0.15) is 16.1 Å². The number of hydrogen-bond donors (Lipinski definition) is 1. The van der Waals surface area contributed by atoms with Crippen LogP contribution < -0.4 is 0 Å². The van der Waals surface area contributed by atoms with Crippen molar-refractivity contribution < 1.29 is 4.79 Å². The molecule has 0 fully saturated rings. The van der Waals surface area contributed by atoms with Gasteiger partial charge in [0.1, 0.15) is 0 Å². The van der Waals surface area contributed by atoms with E-state index in [1.54, 1.807) is 6.20 Å². The van der Waals surface area contributed by atoms with Crippen LogP contribution in [0.4, 0.5) is 0 Å². The first-order valence-corrected chi connectivity index (χ1v) is 7.68. The molecular formula is C19H13ClN2O. The van der Waals surface area contributed by atoms with Gasteiger partial charge in [-0.1, -0.05) is 35.9 Å². The molecular weight excluding hydrogens is 308 g/mol. The fraction of sp³-hybridized carbons (Fsp3) is 0.0526. The first-order valence-electron chi connectivity index (χ1n) is 7.30. The molecule has 3 nitrogen and oxygen atoms in total. The molecule has 0 atom stereocenters. The molecule has 23 heavy (non-hydrogen) atoms. The maximum absolute atomic E-state index is 11.4. The Morgan fingerprint density at radius 2 is 1.87 bits per heavy atom. The van der Waals surface area contributed by atoms with Crippen LogP contribution in [-0.2, 0) is 0 Å². The number of aromatic nitrogens is 2. The number of H-pyrrole nitrogens is 1. The van der Waals surface area contributed by atoms with Crippen molar-refractivity contribution in [2.75, 3.05) is 0 Å². The van der Waals surface area contributed by atoms with Crippen LogP contribution in [0.5, 0.6) is 0 Å². The normalized spacial score (nSPS) is 11.2. The molecule has 4 rings (SSSR count). The number of rotatable bonds is 2. The summed E-state index contributed by atoms with van der Waals surface area (Å²) < 4.78 is 0. The van der Waals surface area contributed by atoms with E-state index in [4.69, 9.17) is 11.6 Å². The maximum atomic E-state index is 11.4. The molecule has 2 aromatic carbocycles. The van der Waals surface area contributed by atoms with Gasteiger partial charge in [-0.15, -0.1) is 0 Å². The van der Waals surface area contributed by atoms with E-state index >= 15 is 0 Å². The predicted octanol–water partition coefficient (Wildman–Crippen LogP) is 5.16.